The number of ether oxygens (including phenoxy) is 2. The van der Waals surface area contributed by atoms with E-state index in [1.54, 1.807) is 30.3 Å². The summed E-state index contributed by atoms with van der Waals surface area (Å²) < 4.78 is 24.6. The Morgan fingerprint density at radius 2 is 1.74 bits per heavy atom. The molecule has 1 atom stereocenters. The number of aromatic hydroxyl groups is 2. The highest BCUT2D eigenvalue weighted by molar-refractivity contribution is 5.95. The van der Waals surface area contributed by atoms with Crippen molar-refractivity contribution in [3.05, 3.63) is 83.4 Å². The van der Waals surface area contributed by atoms with Crippen molar-refractivity contribution in [1.82, 2.24) is 4.90 Å². The van der Waals surface area contributed by atoms with Gasteiger partial charge in [0, 0.05) is 24.2 Å². The van der Waals surface area contributed by atoms with Gasteiger partial charge in [0.05, 0.1) is 6.67 Å². The van der Waals surface area contributed by atoms with E-state index in [2.05, 4.69) is 0 Å². The zero-order chi connectivity index (χ0) is 24.1. The highest BCUT2D eigenvalue weighted by Crippen LogP contribution is 2.47. The molecule has 1 unspecified atom stereocenters. The largest absolute Gasteiger partial charge is 0.508 e. The van der Waals surface area contributed by atoms with Gasteiger partial charge in [-0.05, 0) is 79.6 Å². The number of phenols is 2. The number of allylic oxidation sites excluding steroid dienone is 1. The third-order valence-corrected chi connectivity index (χ3v) is 6.03. The Hall–Kier alpha value is -3.51. The highest BCUT2D eigenvalue weighted by Gasteiger charge is 2.29. The molecule has 178 valence electrons. The number of hydrogen-bond donors (Lipinski definition) is 2. The van der Waals surface area contributed by atoms with Crippen molar-refractivity contribution in [2.45, 2.75) is 19.4 Å². The standard InChI is InChI=1S/C28H30FNO4/c1-19-25-18-23(32)9-12-26(25)34-28(27(19)21-5-3-6-22(31)17-21)20-7-10-24(11-8-20)33-16-15-30(2)14-4-13-29/h3,5-12,17-18,28,31-32H,4,13-16H2,1-2H3. The summed E-state index contributed by atoms with van der Waals surface area (Å²) in [6.07, 6.45) is 0.142. The smallest absolute Gasteiger partial charge is 0.150 e. The Morgan fingerprint density at radius 3 is 2.47 bits per heavy atom. The first-order chi connectivity index (χ1) is 16.5. The molecule has 1 aliphatic heterocycles. The average Bonchev–Trinajstić information content (AvgIpc) is 2.83. The van der Waals surface area contributed by atoms with Gasteiger partial charge in [0.15, 0.2) is 0 Å². The fraction of sp³-hybridized carbons (Fsp3) is 0.286. The molecule has 0 aromatic heterocycles. The predicted molar refractivity (Wildman–Crippen MR) is 132 cm³/mol. The van der Waals surface area contributed by atoms with E-state index in [0.29, 0.717) is 25.3 Å². The lowest BCUT2D eigenvalue weighted by molar-refractivity contribution is 0.230. The van der Waals surface area contributed by atoms with Crippen LogP contribution < -0.4 is 9.47 Å². The first kappa shape index (κ1) is 23.6. The van der Waals surface area contributed by atoms with Crippen LogP contribution in [0.4, 0.5) is 4.39 Å². The summed E-state index contributed by atoms with van der Waals surface area (Å²) in [7, 11) is 1.96. The molecule has 3 aromatic carbocycles. The molecule has 0 aliphatic carbocycles. The van der Waals surface area contributed by atoms with Crippen LogP contribution in [0.1, 0.15) is 36.1 Å². The van der Waals surface area contributed by atoms with Crippen molar-refractivity contribution in [1.29, 1.82) is 0 Å². The van der Waals surface area contributed by atoms with Crippen molar-refractivity contribution < 1.29 is 24.1 Å². The first-order valence-corrected chi connectivity index (χ1v) is 11.4. The summed E-state index contributed by atoms with van der Waals surface area (Å²) in [5.41, 5.74) is 4.53. The van der Waals surface area contributed by atoms with E-state index in [1.165, 1.54) is 0 Å². The van der Waals surface area contributed by atoms with Crippen molar-refractivity contribution in [3.8, 4) is 23.0 Å². The van der Waals surface area contributed by atoms with Crippen molar-refractivity contribution in [3.63, 3.8) is 0 Å². The van der Waals surface area contributed by atoms with Crippen LogP contribution in [0.5, 0.6) is 23.0 Å². The Morgan fingerprint density at radius 1 is 0.971 bits per heavy atom. The van der Waals surface area contributed by atoms with Gasteiger partial charge in [0.2, 0.25) is 0 Å². The van der Waals surface area contributed by atoms with Gasteiger partial charge >= 0.3 is 0 Å². The molecule has 1 aliphatic rings. The number of halogens is 1. The quantitative estimate of drug-likeness (QED) is 0.418. The minimum absolute atomic E-state index is 0.173. The van der Waals surface area contributed by atoms with E-state index in [4.69, 9.17) is 9.47 Å². The summed E-state index contributed by atoms with van der Waals surface area (Å²) in [6, 6.07) is 20.0. The van der Waals surface area contributed by atoms with Crippen molar-refractivity contribution in [2.24, 2.45) is 0 Å². The van der Waals surface area contributed by atoms with Crippen LogP contribution in [-0.4, -0.2) is 48.5 Å². The van der Waals surface area contributed by atoms with Crippen LogP contribution in [0.2, 0.25) is 0 Å². The number of fused-ring (bicyclic) bond motifs is 1. The fourth-order valence-electron chi connectivity index (χ4n) is 4.22. The maximum Gasteiger partial charge on any atom is 0.150 e. The van der Waals surface area contributed by atoms with E-state index >= 15 is 0 Å². The Labute approximate surface area is 199 Å². The Kier molecular flexibility index (Phi) is 7.38. The molecule has 0 spiro atoms. The third kappa shape index (κ3) is 5.34. The van der Waals surface area contributed by atoms with Crippen LogP contribution in [0.25, 0.3) is 11.1 Å². The lowest BCUT2D eigenvalue weighted by atomic mass is 9.86. The van der Waals surface area contributed by atoms with Crippen LogP contribution >= 0.6 is 0 Å². The molecule has 3 aromatic rings. The average molecular weight is 464 g/mol. The van der Waals surface area contributed by atoms with Gasteiger partial charge in [-0.1, -0.05) is 24.3 Å². The van der Waals surface area contributed by atoms with E-state index < -0.39 is 0 Å². The van der Waals surface area contributed by atoms with E-state index in [9.17, 15) is 14.6 Å². The van der Waals surface area contributed by atoms with Gasteiger partial charge in [0.1, 0.15) is 35.7 Å². The summed E-state index contributed by atoms with van der Waals surface area (Å²) in [5.74, 6) is 1.80. The minimum atomic E-state index is -0.389. The number of rotatable bonds is 9. The summed E-state index contributed by atoms with van der Waals surface area (Å²) in [4.78, 5) is 2.05. The number of benzene rings is 3. The van der Waals surface area contributed by atoms with Gasteiger partial charge in [-0.2, -0.15) is 0 Å². The zero-order valence-electron chi connectivity index (χ0n) is 19.5. The van der Waals surface area contributed by atoms with Gasteiger partial charge < -0.3 is 24.6 Å². The summed E-state index contributed by atoms with van der Waals surface area (Å²) >= 11 is 0. The van der Waals surface area contributed by atoms with Gasteiger partial charge in [0.25, 0.3) is 0 Å². The lowest BCUT2D eigenvalue weighted by Crippen LogP contribution is -2.25. The highest BCUT2D eigenvalue weighted by atomic mass is 19.1. The monoisotopic (exact) mass is 463 g/mol. The van der Waals surface area contributed by atoms with Crippen LogP contribution in [0.15, 0.2) is 66.7 Å². The summed E-state index contributed by atoms with van der Waals surface area (Å²) in [6.45, 7) is 3.65. The van der Waals surface area contributed by atoms with Gasteiger partial charge in [-0.15, -0.1) is 0 Å². The van der Waals surface area contributed by atoms with Crippen molar-refractivity contribution >= 4 is 11.1 Å². The minimum Gasteiger partial charge on any atom is -0.508 e. The molecule has 1 heterocycles. The fourth-order valence-corrected chi connectivity index (χ4v) is 4.22. The van der Waals surface area contributed by atoms with Crippen LogP contribution in [0.3, 0.4) is 0 Å². The zero-order valence-corrected chi connectivity index (χ0v) is 19.5. The maximum absolute atomic E-state index is 12.3. The number of phenolic OH excluding ortho intramolecular Hbond substituents is 2. The Bertz CT molecular complexity index is 1160. The van der Waals surface area contributed by atoms with Gasteiger partial charge in [-0.3, -0.25) is 4.39 Å². The normalized spacial score (nSPS) is 15.2. The first-order valence-electron chi connectivity index (χ1n) is 11.4. The number of hydrogen-bond acceptors (Lipinski definition) is 5. The predicted octanol–water partition coefficient (Wildman–Crippen LogP) is 5.83. The molecule has 2 N–H and O–H groups in total. The molecule has 5 nitrogen and oxygen atoms in total. The number of likely N-dealkylation sites (N-methyl/N-ethyl adjacent to an activating group) is 1. The summed E-state index contributed by atoms with van der Waals surface area (Å²) in [5, 5.41) is 20.1. The molecular weight excluding hydrogens is 433 g/mol. The van der Waals surface area contributed by atoms with Crippen LogP contribution in [-0.2, 0) is 0 Å². The van der Waals surface area contributed by atoms with Crippen LogP contribution in [0, 0.1) is 0 Å². The molecule has 0 amide bonds. The second-order valence-electron chi connectivity index (χ2n) is 8.53. The molecule has 4 rings (SSSR count). The molecule has 0 saturated carbocycles. The molecular formula is C28H30FNO4. The topological polar surface area (TPSA) is 62.2 Å². The molecule has 0 radical (unpaired) electrons. The van der Waals surface area contributed by atoms with Crippen molar-refractivity contribution in [2.75, 3.05) is 33.4 Å². The SMILES string of the molecule is CC1=C(c2cccc(O)c2)C(c2ccc(OCCN(C)CCCF)cc2)Oc2ccc(O)cc21. The molecule has 0 saturated heterocycles. The second kappa shape index (κ2) is 10.6. The molecule has 34 heavy (non-hydrogen) atoms. The molecule has 0 bridgehead atoms. The second-order valence-corrected chi connectivity index (χ2v) is 8.53. The third-order valence-electron chi connectivity index (χ3n) is 6.03. The number of nitrogens with zero attached hydrogens (tertiary/aromatic N) is 1. The van der Waals surface area contributed by atoms with E-state index in [-0.39, 0.29) is 24.3 Å². The maximum atomic E-state index is 12.3. The lowest BCUT2D eigenvalue weighted by Gasteiger charge is -2.31. The Balaban J connectivity index is 1.59. The van der Waals surface area contributed by atoms with E-state index in [1.807, 2.05) is 55.3 Å². The van der Waals surface area contributed by atoms with E-state index in [0.717, 1.165) is 40.1 Å². The molecule has 0 fully saturated rings. The van der Waals surface area contributed by atoms with Gasteiger partial charge in [-0.25, -0.2) is 0 Å². The number of alkyl halides is 1. The molecule has 6 heteroatoms.